The van der Waals surface area contributed by atoms with E-state index in [4.69, 9.17) is 0 Å². The Bertz CT molecular complexity index is 1610. The molecule has 6 rings (SSSR count). The number of benzene rings is 3. The summed E-state index contributed by atoms with van der Waals surface area (Å²) in [4.78, 5) is 0.224. The second-order valence-electron chi connectivity index (χ2n) is 9.76. The fraction of sp³-hybridized carbons (Fsp3) is 0.207. The molecule has 2 aliphatic rings. The van der Waals surface area contributed by atoms with Crippen LogP contribution in [0.25, 0.3) is 6.08 Å². The van der Waals surface area contributed by atoms with Crippen LogP contribution in [0.3, 0.4) is 0 Å². The maximum absolute atomic E-state index is 14.3. The number of H-pyrrole nitrogens is 1. The number of aromatic amines is 1. The van der Waals surface area contributed by atoms with Gasteiger partial charge < -0.3 is 0 Å². The Morgan fingerprint density at radius 2 is 1.68 bits per heavy atom. The largest absolute Gasteiger partial charge is 0.280 e. The van der Waals surface area contributed by atoms with Gasteiger partial charge in [0.25, 0.3) is 10.0 Å². The highest BCUT2D eigenvalue weighted by Crippen LogP contribution is 2.45. The van der Waals surface area contributed by atoms with Crippen molar-refractivity contribution in [3.05, 3.63) is 118 Å². The van der Waals surface area contributed by atoms with Crippen molar-refractivity contribution in [3.63, 3.8) is 0 Å². The van der Waals surface area contributed by atoms with Gasteiger partial charge in [0.05, 0.1) is 4.90 Å². The third kappa shape index (κ3) is 3.96. The first kappa shape index (κ1) is 23.6. The fourth-order valence-corrected chi connectivity index (χ4v) is 6.78. The van der Waals surface area contributed by atoms with Crippen LogP contribution in [-0.2, 0) is 21.9 Å². The number of halogens is 2. The summed E-state index contributed by atoms with van der Waals surface area (Å²) in [5.41, 5.74) is 3.12. The zero-order valence-corrected chi connectivity index (χ0v) is 21.0. The Kier molecular flexibility index (Phi) is 5.53. The molecule has 1 unspecified atom stereocenters. The lowest BCUT2D eigenvalue weighted by molar-refractivity contribution is 0.502. The summed E-state index contributed by atoms with van der Waals surface area (Å²) in [6, 6.07) is 20.2. The van der Waals surface area contributed by atoms with Gasteiger partial charge in [-0.3, -0.25) is 5.10 Å². The molecular weight excluding hydrogens is 492 g/mol. The quantitative estimate of drug-likeness (QED) is 0.346. The number of rotatable bonds is 6. The van der Waals surface area contributed by atoms with Crippen molar-refractivity contribution in [1.82, 2.24) is 10.2 Å². The van der Waals surface area contributed by atoms with Crippen molar-refractivity contribution in [2.24, 2.45) is 0 Å². The molecule has 5 nitrogen and oxygen atoms in total. The summed E-state index contributed by atoms with van der Waals surface area (Å²) in [6.07, 6.45) is 5.70. The maximum Gasteiger partial charge on any atom is 0.265 e. The lowest BCUT2D eigenvalue weighted by Crippen LogP contribution is -2.34. The first-order valence-electron chi connectivity index (χ1n) is 12.2. The summed E-state index contributed by atoms with van der Waals surface area (Å²) in [7, 11) is -3.83. The van der Waals surface area contributed by atoms with Gasteiger partial charge in [0.1, 0.15) is 0 Å². The number of fused-ring (bicyclic) bond motifs is 1. The molecule has 0 radical (unpaired) electrons. The van der Waals surface area contributed by atoms with Crippen LogP contribution < -0.4 is 4.31 Å². The SMILES string of the molecule is Cc1ccc(S(=O)(=O)N(c2n[nH]c3c2C=CC(c2ccccc2)(c2ccc(F)c(F)c2)C3)C2CC2)cc1. The van der Waals surface area contributed by atoms with Crippen LogP contribution in [0.2, 0.25) is 0 Å². The van der Waals surface area contributed by atoms with Crippen LogP contribution in [0.5, 0.6) is 0 Å². The van der Waals surface area contributed by atoms with Gasteiger partial charge >= 0.3 is 0 Å². The Morgan fingerprint density at radius 3 is 2.35 bits per heavy atom. The van der Waals surface area contributed by atoms with Gasteiger partial charge in [-0.25, -0.2) is 21.5 Å². The monoisotopic (exact) mass is 517 g/mol. The Balaban J connectivity index is 1.46. The predicted molar refractivity (Wildman–Crippen MR) is 139 cm³/mol. The molecule has 0 bridgehead atoms. The molecule has 1 heterocycles. The summed E-state index contributed by atoms with van der Waals surface area (Å²) in [5, 5.41) is 7.56. The minimum atomic E-state index is -3.83. The van der Waals surface area contributed by atoms with Crippen molar-refractivity contribution >= 4 is 21.9 Å². The number of hydrogen-bond donors (Lipinski definition) is 1. The number of hydrogen-bond acceptors (Lipinski definition) is 3. The first-order chi connectivity index (χ1) is 17.8. The van der Waals surface area contributed by atoms with E-state index in [2.05, 4.69) is 10.2 Å². The highest BCUT2D eigenvalue weighted by atomic mass is 32.2. The third-order valence-electron chi connectivity index (χ3n) is 7.24. The van der Waals surface area contributed by atoms with Gasteiger partial charge in [0, 0.05) is 29.1 Å². The Labute approximate surface area is 214 Å². The minimum absolute atomic E-state index is 0.154. The smallest absolute Gasteiger partial charge is 0.265 e. The molecule has 2 aliphatic carbocycles. The average Bonchev–Trinajstić information content (AvgIpc) is 3.65. The zero-order valence-electron chi connectivity index (χ0n) is 20.2. The van der Waals surface area contributed by atoms with Crippen molar-refractivity contribution in [1.29, 1.82) is 0 Å². The number of anilines is 1. The molecule has 1 atom stereocenters. The van der Waals surface area contributed by atoms with Crippen LogP contribution in [-0.4, -0.2) is 24.7 Å². The van der Waals surface area contributed by atoms with E-state index in [0.29, 0.717) is 23.4 Å². The van der Waals surface area contributed by atoms with Crippen LogP contribution in [0, 0.1) is 18.6 Å². The summed E-state index contributed by atoms with van der Waals surface area (Å²) in [5.74, 6) is -1.46. The molecule has 0 saturated heterocycles. The highest BCUT2D eigenvalue weighted by molar-refractivity contribution is 7.92. The van der Waals surface area contributed by atoms with Crippen LogP contribution in [0.1, 0.15) is 40.8 Å². The van der Waals surface area contributed by atoms with Crippen molar-refractivity contribution in [2.75, 3.05) is 4.31 Å². The van der Waals surface area contributed by atoms with E-state index in [9.17, 15) is 17.2 Å². The van der Waals surface area contributed by atoms with Gasteiger partial charge in [-0.1, -0.05) is 66.2 Å². The van der Waals surface area contributed by atoms with Gasteiger partial charge in [-0.05, 0) is 55.2 Å². The van der Waals surface area contributed by atoms with Crippen LogP contribution >= 0.6 is 0 Å². The summed E-state index contributed by atoms with van der Waals surface area (Å²) in [6.45, 7) is 1.91. The topological polar surface area (TPSA) is 66.1 Å². The number of sulfonamides is 1. The maximum atomic E-state index is 14.3. The third-order valence-corrected chi connectivity index (χ3v) is 9.10. The van der Waals surface area contributed by atoms with Gasteiger partial charge in [-0.15, -0.1) is 0 Å². The number of allylic oxidation sites excluding steroid dienone is 1. The normalized spacial score (nSPS) is 19.0. The summed E-state index contributed by atoms with van der Waals surface area (Å²) >= 11 is 0. The van der Waals surface area contributed by atoms with Gasteiger partial charge in [0.2, 0.25) is 0 Å². The number of nitrogens with one attached hydrogen (secondary N) is 1. The second-order valence-corrected chi connectivity index (χ2v) is 11.6. The molecule has 3 aromatic carbocycles. The van der Waals surface area contributed by atoms with E-state index < -0.39 is 27.1 Å². The number of nitrogens with zero attached hydrogens (tertiary/aromatic N) is 2. The molecule has 8 heteroatoms. The van der Waals surface area contributed by atoms with Gasteiger partial charge in [0.15, 0.2) is 17.5 Å². The Hall–Kier alpha value is -3.78. The zero-order chi connectivity index (χ0) is 25.8. The second kappa shape index (κ2) is 8.66. The lowest BCUT2D eigenvalue weighted by atomic mass is 9.68. The molecule has 0 spiro atoms. The number of aryl methyl sites for hydroxylation is 1. The van der Waals surface area contributed by atoms with E-state index in [1.165, 1.54) is 10.4 Å². The molecule has 1 fully saturated rings. The van der Waals surface area contributed by atoms with Crippen LogP contribution in [0.15, 0.2) is 83.8 Å². The van der Waals surface area contributed by atoms with Crippen molar-refractivity contribution < 1.29 is 17.2 Å². The summed E-state index contributed by atoms with van der Waals surface area (Å²) < 4.78 is 57.0. The molecule has 0 amide bonds. The predicted octanol–water partition coefficient (Wildman–Crippen LogP) is 5.91. The van der Waals surface area contributed by atoms with E-state index >= 15 is 0 Å². The molecule has 37 heavy (non-hydrogen) atoms. The number of aromatic nitrogens is 2. The van der Waals surface area contributed by atoms with Crippen molar-refractivity contribution in [2.45, 2.75) is 42.5 Å². The van der Waals surface area contributed by atoms with E-state index in [1.807, 2.05) is 49.4 Å². The minimum Gasteiger partial charge on any atom is -0.280 e. The standard InChI is InChI=1S/C29H25F2N3O2S/c1-19-7-12-23(13-8-19)37(35,36)34(22-10-11-22)28-24-15-16-29(18-27(24)32-33-28,20-5-3-2-4-6-20)21-9-14-25(30)26(31)17-21/h2-9,12-17,22H,10-11,18H2,1H3,(H,32,33). The lowest BCUT2D eigenvalue weighted by Gasteiger charge is -2.35. The van der Waals surface area contributed by atoms with Gasteiger partial charge in [-0.2, -0.15) is 5.10 Å². The van der Waals surface area contributed by atoms with E-state index in [0.717, 1.165) is 35.7 Å². The van der Waals surface area contributed by atoms with E-state index in [-0.39, 0.29) is 10.9 Å². The average molecular weight is 518 g/mol. The molecule has 188 valence electrons. The molecule has 1 aromatic heterocycles. The molecule has 0 aliphatic heterocycles. The fourth-order valence-electron chi connectivity index (χ4n) is 5.11. The molecule has 1 saturated carbocycles. The highest BCUT2D eigenvalue weighted by Gasteiger charge is 2.43. The van der Waals surface area contributed by atoms with E-state index in [1.54, 1.807) is 30.3 Å². The molecular formula is C29H25F2N3O2S. The molecule has 4 aromatic rings. The van der Waals surface area contributed by atoms with Crippen LogP contribution in [0.4, 0.5) is 14.6 Å². The Morgan fingerprint density at radius 1 is 0.946 bits per heavy atom. The van der Waals surface area contributed by atoms with Crippen molar-refractivity contribution in [3.8, 4) is 0 Å². The first-order valence-corrected chi connectivity index (χ1v) is 13.6. The molecule has 1 N–H and O–H groups in total.